The molecular formula is C18H18Cl2N4O4S. The number of hydrogen-bond acceptors (Lipinski definition) is 5. The van der Waals surface area contributed by atoms with E-state index in [1.165, 1.54) is 13.0 Å². The third-order valence-electron chi connectivity index (χ3n) is 3.91. The lowest BCUT2D eigenvalue weighted by atomic mass is 10.3. The number of fused-ring (bicyclic) bond motifs is 1. The van der Waals surface area contributed by atoms with Crippen LogP contribution < -0.4 is 14.8 Å². The predicted molar refractivity (Wildman–Crippen MR) is 112 cm³/mol. The van der Waals surface area contributed by atoms with Gasteiger partial charge in [0.2, 0.25) is 10.0 Å². The summed E-state index contributed by atoms with van der Waals surface area (Å²) >= 11 is 11.8. The Morgan fingerprint density at radius 1 is 1.24 bits per heavy atom. The number of nitrogens with zero attached hydrogens (tertiary/aromatic N) is 2. The molecule has 154 valence electrons. The molecular weight excluding hydrogens is 439 g/mol. The number of carbonyl (C=O) groups excluding carboxylic acids is 1. The molecule has 1 aromatic carbocycles. The zero-order valence-electron chi connectivity index (χ0n) is 15.3. The van der Waals surface area contributed by atoms with Gasteiger partial charge in [-0.3, -0.25) is 9.52 Å². The summed E-state index contributed by atoms with van der Waals surface area (Å²) in [6.45, 7) is 1.46. The summed E-state index contributed by atoms with van der Waals surface area (Å²) in [6, 6.07) is 9.67. The summed E-state index contributed by atoms with van der Waals surface area (Å²) < 4.78 is 34.1. The molecule has 0 aliphatic heterocycles. The molecule has 29 heavy (non-hydrogen) atoms. The number of carbonyl (C=O) groups is 1. The standard InChI is InChI=1S/C18H18Cl2N4O4S/c1-12(28-17-3-2-13(19)10-16(17)20)18(25)21-7-9-29(26,27)23-14-5-8-24-15(11-14)4-6-22-24/h2-6,8,10-12,23H,7,9H2,1H3,(H,21,25). The fourth-order valence-electron chi connectivity index (χ4n) is 2.48. The first-order chi connectivity index (χ1) is 13.7. The van der Waals surface area contributed by atoms with Crippen LogP contribution in [0.1, 0.15) is 6.92 Å². The van der Waals surface area contributed by atoms with Crippen molar-refractivity contribution < 1.29 is 17.9 Å². The topological polar surface area (TPSA) is 102 Å². The van der Waals surface area contributed by atoms with Crippen LogP contribution in [0.25, 0.3) is 5.52 Å². The molecule has 1 atom stereocenters. The Labute approximate surface area is 177 Å². The number of nitrogens with one attached hydrogen (secondary N) is 2. The lowest BCUT2D eigenvalue weighted by molar-refractivity contribution is -0.127. The molecule has 0 aliphatic rings. The zero-order valence-corrected chi connectivity index (χ0v) is 17.6. The Balaban J connectivity index is 1.50. The predicted octanol–water partition coefficient (Wildman–Crippen LogP) is 2.97. The van der Waals surface area contributed by atoms with Crippen LogP contribution >= 0.6 is 23.2 Å². The van der Waals surface area contributed by atoms with Crippen molar-refractivity contribution in [2.24, 2.45) is 0 Å². The van der Waals surface area contributed by atoms with Crippen molar-refractivity contribution in [3.05, 3.63) is 58.8 Å². The molecule has 1 amide bonds. The second kappa shape index (κ2) is 8.89. The molecule has 11 heteroatoms. The summed E-state index contributed by atoms with van der Waals surface area (Å²) in [5.74, 6) is -0.451. The lowest BCUT2D eigenvalue weighted by Crippen LogP contribution is -2.39. The molecule has 2 aromatic heterocycles. The van der Waals surface area contributed by atoms with E-state index in [-0.39, 0.29) is 17.3 Å². The first-order valence-electron chi connectivity index (χ1n) is 8.57. The molecule has 3 rings (SSSR count). The van der Waals surface area contributed by atoms with Crippen LogP contribution in [0, 0.1) is 0 Å². The van der Waals surface area contributed by atoms with E-state index < -0.39 is 22.0 Å². The highest BCUT2D eigenvalue weighted by Gasteiger charge is 2.18. The van der Waals surface area contributed by atoms with Gasteiger partial charge in [0, 0.05) is 24.0 Å². The van der Waals surface area contributed by atoms with Crippen LogP contribution in [0.3, 0.4) is 0 Å². The fourth-order valence-corrected chi connectivity index (χ4v) is 3.89. The van der Waals surface area contributed by atoms with Gasteiger partial charge in [0.05, 0.1) is 22.0 Å². The van der Waals surface area contributed by atoms with Crippen molar-refractivity contribution in [2.45, 2.75) is 13.0 Å². The molecule has 3 aromatic rings. The number of halogens is 2. The fraction of sp³-hybridized carbons (Fsp3) is 0.222. The molecule has 0 saturated heterocycles. The number of pyridine rings is 1. The maximum atomic E-state index is 12.2. The zero-order chi connectivity index (χ0) is 21.0. The molecule has 0 radical (unpaired) electrons. The Bertz CT molecular complexity index is 1130. The van der Waals surface area contributed by atoms with Crippen LogP contribution in [0.2, 0.25) is 10.0 Å². The van der Waals surface area contributed by atoms with E-state index in [1.54, 1.807) is 47.2 Å². The van der Waals surface area contributed by atoms with Crippen molar-refractivity contribution in [3.63, 3.8) is 0 Å². The van der Waals surface area contributed by atoms with Crippen LogP contribution in [0.15, 0.2) is 48.8 Å². The lowest BCUT2D eigenvalue weighted by Gasteiger charge is -2.16. The van der Waals surface area contributed by atoms with Crippen LogP contribution in [-0.2, 0) is 14.8 Å². The minimum absolute atomic E-state index is 0.0782. The highest BCUT2D eigenvalue weighted by atomic mass is 35.5. The quantitative estimate of drug-likeness (QED) is 0.542. The van der Waals surface area contributed by atoms with Crippen LogP contribution in [0.4, 0.5) is 5.69 Å². The van der Waals surface area contributed by atoms with Gasteiger partial charge >= 0.3 is 0 Å². The minimum Gasteiger partial charge on any atom is -0.479 e. The molecule has 2 heterocycles. The summed E-state index contributed by atoms with van der Waals surface area (Å²) in [4.78, 5) is 12.2. The Morgan fingerprint density at radius 2 is 2.03 bits per heavy atom. The van der Waals surface area contributed by atoms with Crippen molar-refractivity contribution in [1.29, 1.82) is 0 Å². The van der Waals surface area contributed by atoms with Crippen LogP contribution in [-0.4, -0.2) is 42.3 Å². The minimum atomic E-state index is -3.65. The van der Waals surface area contributed by atoms with Gasteiger partial charge in [-0.05, 0) is 43.3 Å². The number of aromatic nitrogens is 2. The normalized spacial score (nSPS) is 12.5. The molecule has 0 bridgehead atoms. The average Bonchev–Trinajstić information content (AvgIpc) is 3.11. The summed E-state index contributed by atoms with van der Waals surface area (Å²) in [5, 5.41) is 7.31. The maximum absolute atomic E-state index is 12.2. The van der Waals surface area contributed by atoms with Gasteiger partial charge < -0.3 is 10.1 Å². The number of amides is 1. The third kappa shape index (κ3) is 5.75. The SMILES string of the molecule is CC(Oc1ccc(Cl)cc1Cl)C(=O)NCCS(=O)(=O)Nc1ccn2nccc2c1. The van der Waals surface area contributed by atoms with E-state index in [9.17, 15) is 13.2 Å². The van der Waals surface area contributed by atoms with Crippen molar-refractivity contribution in [2.75, 3.05) is 17.0 Å². The Hall–Kier alpha value is -2.49. The summed E-state index contributed by atoms with van der Waals surface area (Å²) in [6.07, 6.45) is 2.40. The third-order valence-corrected chi connectivity index (χ3v) is 5.73. The van der Waals surface area contributed by atoms with E-state index in [1.807, 2.05) is 0 Å². The molecule has 2 N–H and O–H groups in total. The largest absolute Gasteiger partial charge is 0.479 e. The second-order valence-corrected chi connectivity index (χ2v) is 8.85. The van der Waals surface area contributed by atoms with Crippen molar-refractivity contribution >= 4 is 50.3 Å². The average molecular weight is 457 g/mol. The molecule has 0 aliphatic carbocycles. The molecule has 0 fully saturated rings. The van der Waals surface area contributed by atoms with Gasteiger partial charge in [-0.15, -0.1) is 0 Å². The number of sulfonamides is 1. The van der Waals surface area contributed by atoms with Gasteiger partial charge in [-0.1, -0.05) is 23.2 Å². The number of rotatable bonds is 8. The van der Waals surface area contributed by atoms with Gasteiger partial charge in [-0.2, -0.15) is 5.10 Å². The molecule has 8 nitrogen and oxygen atoms in total. The van der Waals surface area contributed by atoms with Gasteiger partial charge in [0.1, 0.15) is 5.75 Å². The maximum Gasteiger partial charge on any atom is 0.260 e. The van der Waals surface area contributed by atoms with E-state index in [2.05, 4.69) is 15.1 Å². The van der Waals surface area contributed by atoms with E-state index in [0.717, 1.165) is 5.52 Å². The second-order valence-electron chi connectivity index (χ2n) is 6.16. The number of ether oxygens (including phenoxy) is 1. The van der Waals surface area contributed by atoms with Crippen molar-refractivity contribution in [3.8, 4) is 5.75 Å². The summed E-state index contributed by atoms with van der Waals surface area (Å²) in [5.41, 5.74) is 1.17. The molecule has 0 saturated carbocycles. The number of anilines is 1. The van der Waals surface area contributed by atoms with Gasteiger partial charge in [-0.25, -0.2) is 12.9 Å². The highest BCUT2D eigenvalue weighted by molar-refractivity contribution is 7.92. The van der Waals surface area contributed by atoms with Gasteiger partial charge in [0.25, 0.3) is 5.91 Å². The number of benzene rings is 1. The molecule has 0 spiro atoms. The Kier molecular flexibility index (Phi) is 6.51. The van der Waals surface area contributed by atoms with Crippen LogP contribution in [0.5, 0.6) is 5.75 Å². The Morgan fingerprint density at radius 3 is 2.79 bits per heavy atom. The molecule has 1 unspecified atom stereocenters. The van der Waals surface area contributed by atoms with E-state index in [4.69, 9.17) is 27.9 Å². The van der Waals surface area contributed by atoms with Crippen molar-refractivity contribution in [1.82, 2.24) is 14.9 Å². The van der Waals surface area contributed by atoms with E-state index in [0.29, 0.717) is 16.5 Å². The smallest absolute Gasteiger partial charge is 0.260 e. The first-order valence-corrected chi connectivity index (χ1v) is 11.0. The van der Waals surface area contributed by atoms with E-state index >= 15 is 0 Å². The first kappa shape index (κ1) is 21.2. The monoisotopic (exact) mass is 456 g/mol. The number of hydrogen-bond donors (Lipinski definition) is 2. The van der Waals surface area contributed by atoms with Gasteiger partial charge in [0.15, 0.2) is 6.10 Å². The summed E-state index contributed by atoms with van der Waals surface area (Å²) in [7, 11) is -3.65. The highest BCUT2D eigenvalue weighted by Crippen LogP contribution is 2.28.